The molecule has 0 fully saturated rings. The first-order valence-corrected chi connectivity index (χ1v) is 8.16. The molecule has 0 heterocycles. The summed E-state index contributed by atoms with van der Waals surface area (Å²) in [5.41, 5.74) is 1.59. The van der Waals surface area contributed by atoms with Crippen LogP contribution in [-0.2, 0) is 37.1 Å². The van der Waals surface area contributed by atoms with Crippen molar-refractivity contribution >= 4 is 17.9 Å². The molecule has 26 heavy (non-hydrogen) atoms. The van der Waals surface area contributed by atoms with Gasteiger partial charge in [-0.3, -0.25) is 14.4 Å². The monoisotopic (exact) mass is 356 g/mol. The van der Waals surface area contributed by atoms with Crippen LogP contribution in [0.15, 0.2) is 60.7 Å². The van der Waals surface area contributed by atoms with Gasteiger partial charge in [-0.25, -0.2) is 0 Å². The van der Waals surface area contributed by atoms with Gasteiger partial charge in [-0.05, 0) is 11.1 Å². The van der Waals surface area contributed by atoms with Crippen molar-refractivity contribution in [3.05, 3.63) is 71.8 Å². The second kappa shape index (κ2) is 9.98. The summed E-state index contributed by atoms with van der Waals surface area (Å²) in [6.07, 6.45) is -0.833. The third-order valence-corrected chi connectivity index (χ3v) is 3.63. The molecule has 0 saturated heterocycles. The topological polar surface area (TPSA) is 89.9 Å². The molecule has 0 amide bonds. The van der Waals surface area contributed by atoms with E-state index in [9.17, 15) is 14.4 Å². The molecule has 2 rings (SSSR count). The van der Waals surface area contributed by atoms with Gasteiger partial charge in [0.25, 0.3) is 0 Å². The van der Waals surface area contributed by atoms with Crippen molar-refractivity contribution in [2.45, 2.75) is 26.1 Å². The van der Waals surface area contributed by atoms with Crippen molar-refractivity contribution in [1.29, 1.82) is 0 Å². The summed E-state index contributed by atoms with van der Waals surface area (Å²) in [6, 6.07) is 18.1. The van der Waals surface area contributed by atoms with Gasteiger partial charge in [-0.1, -0.05) is 60.7 Å². The Bertz CT molecular complexity index is 726. The molecule has 0 unspecified atom stereocenters. The highest BCUT2D eigenvalue weighted by molar-refractivity contribution is 5.83. The summed E-state index contributed by atoms with van der Waals surface area (Å²) in [5.74, 6) is -3.63. The maximum absolute atomic E-state index is 12.2. The van der Waals surface area contributed by atoms with Gasteiger partial charge in [0, 0.05) is 0 Å². The van der Waals surface area contributed by atoms with Crippen LogP contribution in [0.4, 0.5) is 0 Å². The van der Waals surface area contributed by atoms with E-state index >= 15 is 0 Å². The molecular weight excluding hydrogens is 336 g/mol. The summed E-state index contributed by atoms with van der Waals surface area (Å²) in [5, 5.41) is 8.98. The van der Waals surface area contributed by atoms with E-state index in [4.69, 9.17) is 14.6 Å². The van der Waals surface area contributed by atoms with Gasteiger partial charge in [-0.15, -0.1) is 0 Å². The van der Waals surface area contributed by atoms with Crippen LogP contribution in [0.1, 0.15) is 24.0 Å². The maximum Gasteiger partial charge on any atom is 0.310 e. The van der Waals surface area contributed by atoms with Crippen molar-refractivity contribution in [1.82, 2.24) is 0 Å². The molecule has 2 aromatic carbocycles. The average molecular weight is 356 g/mol. The minimum atomic E-state index is -1.18. The Morgan fingerprint density at radius 2 is 1.27 bits per heavy atom. The van der Waals surface area contributed by atoms with Gasteiger partial charge in [0.15, 0.2) is 0 Å². The van der Waals surface area contributed by atoms with Gasteiger partial charge in [-0.2, -0.15) is 0 Å². The van der Waals surface area contributed by atoms with Crippen LogP contribution < -0.4 is 0 Å². The zero-order valence-corrected chi connectivity index (χ0v) is 14.2. The Balaban J connectivity index is 1.87. The Morgan fingerprint density at radius 1 is 0.769 bits per heavy atom. The van der Waals surface area contributed by atoms with Crippen LogP contribution >= 0.6 is 0 Å². The molecule has 0 saturated carbocycles. The lowest BCUT2D eigenvalue weighted by atomic mass is 10.0. The summed E-state index contributed by atoms with van der Waals surface area (Å²) >= 11 is 0. The molecule has 0 spiro atoms. The second-order valence-corrected chi connectivity index (χ2v) is 5.74. The Labute approximate surface area is 151 Å². The Morgan fingerprint density at radius 3 is 1.77 bits per heavy atom. The van der Waals surface area contributed by atoms with E-state index in [1.165, 1.54) is 0 Å². The van der Waals surface area contributed by atoms with Crippen molar-refractivity contribution in [3.63, 3.8) is 0 Å². The summed E-state index contributed by atoms with van der Waals surface area (Å²) in [7, 11) is 0. The van der Waals surface area contributed by atoms with Gasteiger partial charge < -0.3 is 14.6 Å². The minimum absolute atomic E-state index is 0.0227. The molecular formula is C20H20O6. The molecule has 6 nitrogen and oxygen atoms in total. The quantitative estimate of drug-likeness (QED) is 0.695. The highest BCUT2D eigenvalue weighted by Gasteiger charge is 2.27. The van der Waals surface area contributed by atoms with E-state index in [0.717, 1.165) is 11.1 Å². The summed E-state index contributed by atoms with van der Waals surface area (Å²) < 4.78 is 10.3. The van der Waals surface area contributed by atoms with Gasteiger partial charge >= 0.3 is 17.9 Å². The van der Waals surface area contributed by atoms with Gasteiger partial charge in [0.1, 0.15) is 13.2 Å². The number of hydrogen-bond donors (Lipinski definition) is 1. The largest absolute Gasteiger partial charge is 0.481 e. The van der Waals surface area contributed by atoms with E-state index in [-0.39, 0.29) is 19.6 Å². The van der Waals surface area contributed by atoms with Gasteiger partial charge in [0.05, 0.1) is 18.8 Å². The molecule has 136 valence electrons. The first kappa shape index (κ1) is 19.2. The Hall–Kier alpha value is -3.15. The first-order valence-electron chi connectivity index (χ1n) is 8.16. The molecule has 0 aliphatic carbocycles. The van der Waals surface area contributed by atoms with Crippen molar-refractivity contribution in [3.8, 4) is 0 Å². The van der Waals surface area contributed by atoms with E-state index in [2.05, 4.69) is 0 Å². The second-order valence-electron chi connectivity index (χ2n) is 5.74. The Kier molecular flexibility index (Phi) is 7.36. The van der Waals surface area contributed by atoms with E-state index in [1.54, 1.807) is 36.4 Å². The number of hydrogen-bond acceptors (Lipinski definition) is 5. The number of esters is 2. The standard InChI is InChI=1S/C20H20O6/c21-18(22)11-17(20(24)26-14-16-9-5-2-6-10-16)12-19(23)25-13-15-7-3-1-4-8-15/h1-10,17H,11-14H2,(H,21,22)/t17-/m1/s1. The van der Waals surface area contributed by atoms with Crippen molar-refractivity contribution in [2.24, 2.45) is 5.92 Å². The van der Waals surface area contributed by atoms with Crippen molar-refractivity contribution in [2.75, 3.05) is 0 Å². The molecule has 2 aromatic rings. The number of aliphatic carboxylic acids is 1. The van der Waals surface area contributed by atoms with E-state index in [0.29, 0.717) is 0 Å². The average Bonchev–Trinajstić information content (AvgIpc) is 2.65. The normalized spacial score (nSPS) is 11.4. The lowest BCUT2D eigenvalue weighted by molar-refractivity contribution is -0.159. The third-order valence-electron chi connectivity index (χ3n) is 3.63. The zero-order chi connectivity index (χ0) is 18.8. The molecule has 0 radical (unpaired) electrons. The fourth-order valence-electron chi connectivity index (χ4n) is 2.29. The van der Waals surface area contributed by atoms with Crippen LogP contribution in [0.2, 0.25) is 0 Å². The highest BCUT2D eigenvalue weighted by Crippen LogP contribution is 2.15. The molecule has 6 heteroatoms. The number of carboxylic acid groups (broad SMARTS) is 1. The van der Waals surface area contributed by atoms with Crippen molar-refractivity contribution < 1.29 is 29.0 Å². The van der Waals surface area contributed by atoms with Crippen LogP contribution in [0.3, 0.4) is 0 Å². The predicted octanol–water partition coefficient (Wildman–Crippen LogP) is 2.95. The first-order chi connectivity index (χ1) is 12.5. The maximum atomic E-state index is 12.2. The highest BCUT2D eigenvalue weighted by atomic mass is 16.5. The molecule has 1 atom stereocenters. The number of carbonyl (C=O) groups excluding carboxylic acids is 2. The number of rotatable bonds is 9. The summed E-state index contributed by atoms with van der Waals surface area (Å²) in [6.45, 7) is 0.0907. The number of carboxylic acids is 1. The SMILES string of the molecule is O=C(O)C[C@H](CC(=O)OCc1ccccc1)C(=O)OCc1ccccc1. The van der Waals surface area contributed by atoms with Crippen LogP contribution in [0.25, 0.3) is 0 Å². The fraction of sp³-hybridized carbons (Fsp3) is 0.250. The van der Waals surface area contributed by atoms with Crippen LogP contribution in [0, 0.1) is 5.92 Å². The van der Waals surface area contributed by atoms with Gasteiger partial charge in [0.2, 0.25) is 0 Å². The number of ether oxygens (including phenoxy) is 2. The van der Waals surface area contributed by atoms with E-state index < -0.39 is 30.2 Å². The third kappa shape index (κ3) is 6.76. The minimum Gasteiger partial charge on any atom is -0.481 e. The fourth-order valence-corrected chi connectivity index (χ4v) is 2.29. The van der Waals surface area contributed by atoms with Crippen LogP contribution in [-0.4, -0.2) is 23.0 Å². The lowest BCUT2D eigenvalue weighted by Crippen LogP contribution is -2.24. The molecule has 0 aliphatic heterocycles. The molecule has 0 aromatic heterocycles. The predicted molar refractivity (Wildman–Crippen MR) is 92.8 cm³/mol. The number of carbonyl (C=O) groups is 3. The summed E-state index contributed by atoms with van der Waals surface area (Å²) in [4.78, 5) is 35.1. The smallest absolute Gasteiger partial charge is 0.310 e. The van der Waals surface area contributed by atoms with E-state index in [1.807, 2.05) is 24.3 Å². The van der Waals surface area contributed by atoms with Crippen LogP contribution in [0.5, 0.6) is 0 Å². The molecule has 0 bridgehead atoms. The number of benzene rings is 2. The molecule has 0 aliphatic rings. The lowest BCUT2D eigenvalue weighted by Gasteiger charge is -2.14. The zero-order valence-electron chi connectivity index (χ0n) is 14.2. The molecule has 1 N–H and O–H groups in total.